The first-order valence-corrected chi connectivity index (χ1v) is 20.1. The number of aryl methyl sites for hydroxylation is 2. The minimum absolute atomic E-state index is 0.550. The van der Waals surface area contributed by atoms with Crippen molar-refractivity contribution in [3.8, 4) is 5.75 Å². The van der Waals surface area contributed by atoms with Gasteiger partial charge in [0.1, 0.15) is 5.75 Å². The highest BCUT2D eigenvalue weighted by molar-refractivity contribution is 5.91. The average Bonchev–Trinajstić information content (AvgIpc) is 4.01. The van der Waals surface area contributed by atoms with Crippen LogP contribution in [0.1, 0.15) is 106 Å². The summed E-state index contributed by atoms with van der Waals surface area (Å²) in [4.78, 5) is 2.55. The zero-order chi connectivity index (χ0) is 36.6. The van der Waals surface area contributed by atoms with E-state index in [9.17, 15) is 0 Å². The molecule has 0 spiro atoms. The van der Waals surface area contributed by atoms with Crippen LogP contribution in [0.2, 0.25) is 0 Å². The first-order chi connectivity index (χ1) is 26.6. The Hall–Kier alpha value is -5.34. The molecule has 2 nitrogen and oxygen atoms in total. The van der Waals surface area contributed by atoms with Crippen molar-refractivity contribution < 1.29 is 4.74 Å². The van der Waals surface area contributed by atoms with Crippen molar-refractivity contribution in [1.29, 1.82) is 0 Å². The maximum absolute atomic E-state index is 5.29. The van der Waals surface area contributed by atoms with E-state index in [4.69, 9.17) is 4.74 Å². The van der Waals surface area contributed by atoms with E-state index >= 15 is 0 Å². The predicted molar refractivity (Wildman–Crippen MR) is 226 cm³/mol. The van der Waals surface area contributed by atoms with Gasteiger partial charge in [-0.1, -0.05) is 139 Å². The minimum atomic E-state index is 0.550. The lowest BCUT2D eigenvalue weighted by atomic mass is 9.83. The molecule has 0 saturated heterocycles. The van der Waals surface area contributed by atoms with Gasteiger partial charge in [-0.3, -0.25) is 0 Å². The molecule has 6 aromatic carbocycles. The summed E-state index contributed by atoms with van der Waals surface area (Å²) in [5.41, 5.74) is 16.7. The van der Waals surface area contributed by atoms with Gasteiger partial charge < -0.3 is 9.64 Å². The van der Waals surface area contributed by atoms with Crippen LogP contribution in [0.5, 0.6) is 5.75 Å². The van der Waals surface area contributed by atoms with Crippen LogP contribution in [0.4, 0.5) is 11.4 Å². The Morgan fingerprint density at radius 2 is 1.22 bits per heavy atom. The lowest BCUT2D eigenvalue weighted by molar-refractivity contribution is 0.415. The van der Waals surface area contributed by atoms with Gasteiger partial charge in [-0.2, -0.15) is 0 Å². The number of fused-ring (bicyclic) bond motifs is 6. The topological polar surface area (TPSA) is 12.5 Å². The molecular formula is C52H51NO. The normalized spacial score (nSPS) is 21.7. The summed E-state index contributed by atoms with van der Waals surface area (Å²) in [6, 6.07) is 54.0. The molecule has 10 rings (SSSR count). The third kappa shape index (κ3) is 6.47. The molecule has 5 atom stereocenters. The van der Waals surface area contributed by atoms with Crippen molar-refractivity contribution in [3.63, 3.8) is 0 Å². The third-order valence-electron chi connectivity index (χ3n) is 12.8. The Balaban J connectivity index is 0.000000157. The molecule has 54 heavy (non-hydrogen) atoms. The number of methoxy groups -OCH3 is 1. The van der Waals surface area contributed by atoms with Gasteiger partial charge in [0.2, 0.25) is 0 Å². The van der Waals surface area contributed by atoms with Crippen molar-refractivity contribution in [2.45, 2.75) is 76.2 Å². The largest absolute Gasteiger partial charge is 0.497 e. The van der Waals surface area contributed by atoms with Gasteiger partial charge in [0.25, 0.3) is 0 Å². The van der Waals surface area contributed by atoms with Crippen molar-refractivity contribution in [1.82, 2.24) is 0 Å². The number of hydrogen-bond donors (Lipinski definition) is 0. The van der Waals surface area contributed by atoms with Crippen LogP contribution >= 0.6 is 0 Å². The Labute approximate surface area is 322 Å². The zero-order valence-electron chi connectivity index (χ0n) is 31.9. The summed E-state index contributed by atoms with van der Waals surface area (Å²) in [5.74, 6) is 3.71. The Morgan fingerprint density at radius 1 is 0.593 bits per heavy atom. The predicted octanol–water partition coefficient (Wildman–Crippen LogP) is 13.4. The molecule has 3 aliphatic carbocycles. The molecule has 0 amide bonds. The highest BCUT2D eigenvalue weighted by atomic mass is 16.5. The van der Waals surface area contributed by atoms with Crippen LogP contribution in [0.25, 0.3) is 11.6 Å². The summed E-state index contributed by atoms with van der Waals surface area (Å²) in [5, 5.41) is 0. The lowest BCUT2D eigenvalue weighted by Crippen LogP contribution is -2.26. The van der Waals surface area contributed by atoms with E-state index < -0.39 is 0 Å². The molecule has 0 aromatic heterocycles. The maximum Gasteiger partial charge on any atom is 0.119 e. The van der Waals surface area contributed by atoms with Gasteiger partial charge >= 0.3 is 0 Å². The van der Waals surface area contributed by atoms with Crippen LogP contribution in [0, 0.1) is 19.8 Å². The number of rotatable bonds is 6. The fraction of sp³-hybridized carbons (Fsp3) is 0.269. The van der Waals surface area contributed by atoms with Crippen LogP contribution < -0.4 is 9.64 Å². The molecule has 1 heterocycles. The van der Waals surface area contributed by atoms with E-state index in [1.54, 1.807) is 23.8 Å². The van der Waals surface area contributed by atoms with Crippen LogP contribution in [0.15, 0.2) is 146 Å². The number of benzene rings is 6. The number of hydrogen-bond acceptors (Lipinski definition) is 2. The maximum atomic E-state index is 5.29. The van der Waals surface area contributed by atoms with Gasteiger partial charge in [0.05, 0.1) is 7.11 Å². The summed E-state index contributed by atoms with van der Waals surface area (Å²) in [6.45, 7) is 4.43. The SMILES string of the molecule is COc1ccc(N2c3ccc(C)cc3C3CCCC32)cc1.Cc1ccc2c(c1)C1CCCC1C2c1ccc(C=C(c2ccccc2)c2ccccc2)cc1. The van der Waals surface area contributed by atoms with Crippen molar-refractivity contribution in [3.05, 3.63) is 196 Å². The molecule has 0 radical (unpaired) electrons. The van der Waals surface area contributed by atoms with Crippen molar-refractivity contribution in [2.75, 3.05) is 12.0 Å². The standard InChI is InChI=1S/C33H30.C19H21NO/c1-23-15-20-30-32(21-23)28-13-8-14-29(28)33(30)27-18-16-24(17-19-27)22-31(25-9-4-2-5-10-25)26-11-6-3-7-12-26;1-13-6-11-19-17(12-13)16-4-3-5-18(16)20(19)14-7-9-15(21-2)10-8-14/h2-7,9-12,15-22,28-29,33H,8,13-14H2,1H3;6-12,16,18H,3-5H2,1-2H3. The van der Waals surface area contributed by atoms with Crippen molar-refractivity contribution in [2.24, 2.45) is 5.92 Å². The van der Waals surface area contributed by atoms with E-state index in [1.165, 1.54) is 88.9 Å². The summed E-state index contributed by atoms with van der Waals surface area (Å²) >= 11 is 0. The van der Waals surface area contributed by atoms with Crippen molar-refractivity contribution >= 4 is 23.0 Å². The molecule has 1 aliphatic heterocycles. The highest BCUT2D eigenvalue weighted by Crippen LogP contribution is 2.57. The second-order valence-electron chi connectivity index (χ2n) is 16.0. The molecule has 2 fully saturated rings. The number of anilines is 2. The number of ether oxygens (including phenoxy) is 1. The fourth-order valence-corrected chi connectivity index (χ4v) is 10.3. The summed E-state index contributed by atoms with van der Waals surface area (Å²) in [6.07, 6.45) is 10.4. The Morgan fingerprint density at radius 3 is 1.91 bits per heavy atom. The van der Waals surface area contributed by atoms with Gasteiger partial charge in [-0.15, -0.1) is 0 Å². The molecule has 270 valence electrons. The second-order valence-corrected chi connectivity index (χ2v) is 16.0. The van der Waals surface area contributed by atoms with E-state index in [1.807, 2.05) is 0 Å². The van der Waals surface area contributed by atoms with Gasteiger partial charge in [-0.05, 0) is 132 Å². The Bertz CT molecular complexity index is 2210. The van der Waals surface area contributed by atoms with Gasteiger partial charge in [-0.25, -0.2) is 0 Å². The molecule has 6 aromatic rings. The molecule has 2 saturated carbocycles. The highest BCUT2D eigenvalue weighted by Gasteiger charge is 2.44. The van der Waals surface area contributed by atoms with Crippen LogP contribution in [0.3, 0.4) is 0 Å². The molecule has 4 aliphatic rings. The third-order valence-corrected chi connectivity index (χ3v) is 12.8. The van der Waals surface area contributed by atoms with E-state index in [0.717, 1.165) is 17.6 Å². The summed E-state index contributed by atoms with van der Waals surface area (Å²) in [7, 11) is 1.72. The van der Waals surface area contributed by atoms with Crippen LogP contribution in [-0.2, 0) is 0 Å². The van der Waals surface area contributed by atoms with E-state index in [-0.39, 0.29) is 0 Å². The smallest absolute Gasteiger partial charge is 0.119 e. The molecule has 5 unspecified atom stereocenters. The minimum Gasteiger partial charge on any atom is -0.497 e. The second kappa shape index (κ2) is 14.8. The van der Waals surface area contributed by atoms with E-state index in [0.29, 0.717) is 17.9 Å². The fourth-order valence-electron chi connectivity index (χ4n) is 10.3. The van der Waals surface area contributed by atoms with Gasteiger partial charge in [0.15, 0.2) is 0 Å². The van der Waals surface area contributed by atoms with Crippen LogP contribution in [-0.4, -0.2) is 13.2 Å². The average molecular weight is 706 g/mol. The van der Waals surface area contributed by atoms with Gasteiger partial charge in [0, 0.05) is 29.3 Å². The zero-order valence-corrected chi connectivity index (χ0v) is 31.9. The summed E-state index contributed by atoms with van der Waals surface area (Å²) < 4.78 is 5.29. The molecule has 0 bridgehead atoms. The first-order valence-electron chi connectivity index (χ1n) is 20.1. The lowest BCUT2D eigenvalue weighted by Gasteiger charge is -2.27. The molecular weight excluding hydrogens is 655 g/mol. The Kier molecular flexibility index (Phi) is 9.45. The van der Waals surface area contributed by atoms with E-state index in [2.05, 4.69) is 170 Å². The quantitative estimate of drug-likeness (QED) is 0.160. The first kappa shape index (κ1) is 34.4. The monoisotopic (exact) mass is 705 g/mol. The molecule has 0 N–H and O–H groups in total. The number of nitrogens with zero attached hydrogens (tertiary/aromatic N) is 1. The molecule has 2 heteroatoms.